The van der Waals surface area contributed by atoms with Gasteiger partial charge in [-0.05, 0) is 71.6 Å². The Bertz CT molecular complexity index is 1630. The number of nitrogens with one attached hydrogen (secondary N) is 1. The Labute approximate surface area is 275 Å². The van der Waals surface area contributed by atoms with Gasteiger partial charge in [-0.2, -0.15) is 0 Å². The Morgan fingerprint density at radius 3 is 2.04 bits per heavy atom. The number of hydrogen-bond acceptors (Lipinski definition) is 10. The molecule has 0 radical (unpaired) electrons. The number of amides is 1. The van der Waals surface area contributed by atoms with Crippen LogP contribution in [0.1, 0.15) is 123 Å². The molecule has 1 aromatic carbocycles. The number of carbonyl (C=O) groups excluding carboxylic acids is 3. The third kappa shape index (κ3) is 7.34. The molecule has 47 heavy (non-hydrogen) atoms. The monoisotopic (exact) mass is 649 g/mol. The van der Waals surface area contributed by atoms with E-state index in [-0.39, 0.29) is 47.7 Å². The minimum Gasteiger partial charge on any atom is -0.462 e. The molecule has 0 aliphatic heterocycles. The Morgan fingerprint density at radius 1 is 0.809 bits per heavy atom. The zero-order chi connectivity index (χ0) is 33.5. The first-order valence-corrected chi connectivity index (χ1v) is 17.2. The Morgan fingerprint density at radius 2 is 1.43 bits per heavy atom. The van der Waals surface area contributed by atoms with Gasteiger partial charge in [-0.3, -0.25) is 9.69 Å². The Hall–Kier alpha value is -4.28. The van der Waals surface area contributed by atoms with Crippen LogP contribution in [-0.4, -0.2) is 56.2 Å². The van der Waals surface area contributed by atoms with Gasteiger partial charge in [-0.15, -0.1) is 0 Å². The predicted octanol–water partition coefficient (Wildman–Crippen LogP) is 7.31. The van der Waals surface area contributed by atoms with Crippen LogP contribution in [0.25, 0.3) is 11.0 Å². The van der Waals surface area contributed by atoms with Crippen LogP contribution in [0.2, 0.25) is 0 Å². The fourth-order valence-corrected chi connectivity index (χ4v) is 6.84. The molecule has 2 fully saturated rings. The van der Waals surface area contributed by atoms with E-state index in [1.165, 1.54) is 11.0 Å². The number of nitrogens with zero attached hydrogens (tertiary/aromatic N) is 2. The second-order valence-electron chi connectivity index (χ2n) is 12.2. The van der Waals surface area contributed by atoms with E-state index in [9.17, 15) is 19.2 Å². The highest BCUT2D eigenvalue weighted by atomic mass is 16.5. The lowest BCUT2D eigenvalue weighted by Crippen LogP contribution is -2.44. The van der Waals surface area contributed by atoms with Crippen molar-refractivity contribution in [3.8, 4) is 0 Å². The van der Waals surface area contributed by atoms with Gasteiger partial charge in [0, 0.05) is 42.3 Å². The number of rotatable bonds is 12. The molecule has 11 heteroatoms. The molecule has 2 heterocycles. The van der Waals surface area contributed by atoms with Gasteiger partial charge in [0.1, 0.15) is 22.3 Å². The summed E-state index contributed by atoms with van der Waals surface area (Å²) >= 11 is 0. The van der Waals surface area contributed by atoms with Crippen LogP contribution in [0.15, 0.2) is 37.9 Å². The SMILES string of the molecule is CCOC(=O)c1c(NC2CCCCC2)oc(N(C(=O)c2cc3ccc(N(CC)CC)cc3oc2=O)C2CCCCC2)c1C(=O)OCC. The van der Waals surface area contributed by atoms with E-state index >= 15 is 0 Å². The van der Waals surface area contributed by atoms with Crippen molar-refractivity contribution in [1.82, 2.24) is 0 Å². The first kappa shape index (κ1) is 34.1. The van der Waals surface area contributed by atoms with Crippen molar-refractivity contribution in [2.24, 2.45) is 0 Å². The average Bonchev–Trinajstić information content (AvgIpc) is 3.44. The summed E-state index contributed by atoms with van der Waals surface area (Å²) in [6.07, 6.45) is 8.84. The molecule has 3 aromatic rings. The summed E-state index contributed by atoms with van der Waals surface area (Å²) in [6.45, 7) is 9.13. The van der Waals surface area contributed by atoms with Crippen molar-refractivity contribution in [3.63, 3.8) is 0 Å². The lowest BCUT2D eigenvalue weighted by Gasteiger charge is -2.33. The standard InChI is InChI=1S/C36H47N3O8/c1-5-38(6-2)26-20-19-23-21-27(34(41)46-28(23)22-26)32(40)39(25-17-13-10-14-18-25)33-30(36(43)45-8-4)29(35(42)44-7-3)31(47-33)37-24-15-11-9-12-16-24/h19-22,24-25,37H,5-18H2,1-4H3. The van der Waals surface area contributed by atoms with Crippen molar-refractivity contribution in [1.29, 1.82) is 0 Å². The molecule has 5 rings (SSSR count). The largest absolute Gasteiger partial charge is 0.462 e. The number of ether oxygens (including phenoxy) is 2. The topological polar surface area (TPSA) is 132 Å². The summed E-state index contributed by atoms with van der Waals surface area (Å²) < 4.78 is 23.0. The first-order valence-electron chi connectivity index (χ1n) is 17.2. The predicted molar refractivity (Wildman–Crippen MR) is 181 cm³/mol. The molecule has 0 spiro atoms. The smallest absolute Gasteiger partial charge is 0.349 e. The number of carbonyl (C=O) groups is 3. The van der Waals surface area contributed by atoms with Crippen LogP contribution in [0, 0.1) is 0 Å². The van der Waals surface area contributed by atoms with Gasteiger partial charge in [-0.1, -0.05) is 38.5 Å². The zero-order valence-electron chi connectivity index (χ0n) is 28.0. The molecule has 0 saturated heterocycles. The zero-order valence-corrected chi connectivity index (χ0v) is 28.0. The van der Waals surface area contributed by atoms with Gasteiger partial charge in [-0.25, -0.2) is 14.4 Å². The highest BCUT2D eigenvalue weighted by molar-refractivity contribution is 6.14. The fraction of sp³-hybridized carbons (Fsp3) is 0.556. The molecule has 0 atom stereocenters. The minimum atomic E-state index is -0.811. The molecule has 1 amide bonds. The molecule has 1 N–H and O–H groups in total. The van der Waals surface area contributed by atoms with Gasteiger partial charge < -0.3 is 28.5 Å². The molecule has 2 saturated carbocycles. The van der Waals surface area contributed by atoms with E-state index in [1.807, 2.05) is 26.0 Å². The molecule has 0 unspecified atom stereocenters. The lowest BCUT2D eigenvalue weighted by atomic mass is 9.93. The lowest BCUT2D eigenvalue weighted by molar-refractivity contribution is 0.0481. The first-order chi connectivity index (χ1) is 22.8. The van der Waals surface area contributed by atoms with Gasteiger partial charge >= 0.3 is 17.6 Å². The number of esters is 2. The summed E-state index contributed by atoms with van der Waals surface area (Å²) in [5, 5.41) is 3.93. The second-order valence-corrected chi connectivity index (χ2v) is 12.2. The Balaban J connectivity index is 1.67. The van der Waals surface area contributed by atoms with Gasteiger partial charge in [0.05, 0.1) is 13.2 Å². The molecule has 2 aliphatic rings. The highest BCUT2D eigenvalue weighted by Crippen LogP contribution is 2.40. The summed E-state index contributed by atoms with van der Waals surface area (Å²) in [5.74, 6) is -2.29. The maximum atomic E-state index is 14.6. The molecular weight excluding hydrogens is 602 g/mol. The van der Waals surface area contributed by atoms with E-state index in [4.69, 9.17) is 18.3 Å². The van der Waals surface area contributed by atoms with E-state index in [0.717, 1.165) is 70.1 Å². The third-order valence-corrected chi connectivity index (χ3v) is 9.25. The number of furan rings is 1. The second kappa shape index (κ2) is 15.5. The maximum Gasteiger partial charge on any atom is 0.349 e. The number of anilines is 3. The van der Waals surface area contributed by atoms with Crippen molar-refractivity contribution in [2.75, 3.05) is 41.4 Å². The minimum absolute atomic E-state index is 0.0126. The quantitative estimate of drug-likeness (QED) is 0.157. The summed E-state index contributed by atoms with van der Waals surface area (Å²) in [7, 11) is 0. The summed E-state index contributed by atoms with van der Waals surface area (Å²) in [4.78, 5) is 58.9. The van der Waals surface area contributed by atoms with Gasteiger partial charge in [0.15, 0.2) is 0 Å². The maximum absolute atomic E-state index is 14.6. The Kier molecular flexibility index (Phi) is 11.3. The van der Waals surface area contributed by atoms with Crippen LogP contribution in [0.4, 0.5) is 17.5 Å². The van der Waals surface area contributed by atoms with Crippen LogP contribution in [0.5, 0.6) is 0 Å². The number of fused-ring (bicyclic) bond motifs is 1. The molecule has 0 bridgehead atoms. The normalized spacial score (nSPS) is 15.7. The van der Waals surface area contributed by atoms with Crippen LogP contribution in [-0.2, 0) is 9.47 Å². The van der Waals surface area contributed by atoms with E-state index in [1.54, 1.807) is 19.9 Å². The third-order valence-electron chi connectivity index (χ3n) is 9.25. The molecule has 2 aliphatic carbocycles. The van der Waals surface area contributed by atoms with Gasteiger partial charge in [0.2, 0.25) is 11.8 Å². The van der Waals surface area contributed by atoms with E-state index < -0.39 is 29.5 Å². The van der Waals surface area contributed by atoms with Crippen LogP contribution in [0.3, 0.4) is 0 Å². The summed E-state index contributed by atoms with van der Waals surface area (Å²) in [6, 6.07) is 6.72. The van der Waals surface area contributed by atoms with Crippen LogP contribution >= 0.6 is 0 Å². The van der Waals surface area contributed by atoms with E-state index in [0.29, 0.717) is 23.8 Å². The molecule has 254 valence electrons. The fourth-order valence-electron chi connectivity index (χ4n) is 6.84. The van der Waals surface area contributed by atoms with Crippen molar-refractivity contribution >= 4 is 46.3 Å². The van der Waals surface area contributed by atoms with E-state index in [2.05, 4.69) is 10.2 Å². The van der Waals surface area contributed by atoms with Crippen molar-refractivity contribution in [2.45, 2.75) is 104 Å². The number of benzene rings is 1. The van der Waals surface area contributed by atoms with Crippen molar-refractivity contribution in [3.05, 3.63) is 51.4 Å². The highest BCUT2D eigenvalue weighted by Gasteiger charge is 2.41. The van der Waals surface area contributed by atoms with Crippen LogP contribution < -0.4 is 20.7 Å². The molecular formula is C36H47N3O8. The number of hydrogen-bond donors (Lipinski definition) is 1. The van der Waals surface area contributed by atoms with Crippen molar-refractivity contribution < 1.29 is 32.7 Å². The van der Waals surface area contributed by atoms with Gasteiger partial charge in [0.25, 0.3) is 5.91 Å². The average molecular weight is 650 g/mol. The molecule has 11 nitrogen and oxygen atoms in total. The molecule has 2 aromatic heterocycles. The summed E-state index contributed by atoms with van der Waals surface area (Å²) in [5.41, 5.74) is 0.00644.